The van der Waals surface area contributed by atoms with E-state index in [2.05, 4.69) is 20.2 Å². The van der Waals surface area contributed by atoms with E-state index < -0.39 is 11.7 Å². The first kappa shape index (κ1) is 20.3. The van der Waals surface area contributed by atoms with Crippen molar-refractivity contribution in [3.63, 3.8) is 0 Å². The topological polar surface area (TPSA) is 89.9 Å². The molecule has 0 saturated carbocycles. The van der Waals surface area contributed by atoms with Crippen LogP contribution in [-0.4, -0.2) is 48.8 Å². The Morgan fingerprint density at radius 2 is 2.20 bits per heavy atom. The second-order valence-electron chi connectivity index (χ2n) is 7.66. The molecule has 0 radical (unpaired) electrons. The Morgan fingerprint density at radius 1 is 1.40 bits per heavy atom. The number of alkyl halides is 3. The van der Waals surface area contributed by atoms with Gasteiger partial charge in [0.25, 0.3) is 5.71 Å². The third kappa shape index (κ3) is 3.88. The minimum absolute atomic E-state index is 0.0829. The molecule has 0 N–H and O–H groups in total. The van der Waals surface area contributed by atoms with Crippen LogP contribution in [0.4, 0.5) is 13.2 Å². The van der Waals surface area contributed by atoms with E-state index in [9.17, 15) is 18.0 Å². The van der Waals surface area contributed by atoms with Crippen LogP contribution in [0.15, 0.2) is 23.2 Å². The number of halogens is 3. The average Bonchev–Trinajstić information content (AvgIpc) is 3.36. The van der Waals surface area contributed by atoms with E-state index in [4.69, 9.17) is 4.52 Å². The molecule has 2 atom stereocenters. The lowest BCUT2D eigenvalue weighted by atomic mass is 9.91. The van der Waals surface area contributed by atoms with Crippen molar-refractivity contribution in [3.05, 3.63) is 35.7 Å². The zero-order valence-electron chi connectivity index (χ0n) is 16.6. The number of carbonyl (C=O) groups excluding carboxylic acids is 1. The maximum Gasteiger partial charge on any atom is 0.417 e. The molecule has 1 fully saturated rings. The van der Waals surface area contributed by atoms with Gasteiger partial charge in [0.2, 0.25) is 5.91 Å². The number of aryl methyl sites for hydroxylation is 1. The van der Waals surface area contributed by atoms with Crippen molar-refractivity contribution >= 4 is 17.0 Å². The lowest BCUT2D eigenvalue weighted by Gasteiger charge is -2.32. The van der Waals surface area contributed by atoms with Gasteiger partial charge in [0.05, 0.1) is 22.7 Å². The Balaban J connectivity index is 1.58. The molecule has 8 nitrogen and oxygen atoms in total. The molecule has 1 aliphatic rings. The van der Waals surface area contributed by atoms with Gasteiger partial charge in [0, 0.05) is 31.1 Å². The number of hydrogen-bond acceptors (Lipinski definition) is 6. The van der Waals surface area contributed by atoms with Crippen LogP contribution in [0, 0.1) is 6.92 Å². The van der Waals surface area contributed by atoms with Crippen LogP contribution in [0.2, 0.25) is 0 Å². The van der Waals surface area contributed by atoms with E-state index in [1.165, 1.54) is 13.3 Å². The molecule has 30 heavy (non-hydrogen) atoms. The van der Waals surface area contributed by atoms with E-state index in [1.54, 1.807) is 15.9 Å². The Bertz CT molecular complexity index is 1050. The maximum atomic E-state index is 13.6. The molecule has 3 aromatic heterocycles. The fourth-order valence-electron chi connectivity index (χ4n) is 3.95. The summed E-state index contributed by atoms with van der Waals surface area (Å²) in [6.45, 7) is 4.19. The quantitative estimate of drug-likeness (QED) is 0.639. The van der Waals surface area contributed by atoms with Gasteiger partial charge >= 0.3 is 6.18 Å². The number of piperidine rings is 1. The molecule has 0 bridgehead atoms. The number of aromatic nitrogens is 5. The maximum absolute atomic E-state index is 13.6. The van der Waals surface area contributed by atoms with Gasteiger partial charge in [-0.25, -0.2) is 14.6 Å². The summed E-state index contributed by atoms with van der Waals surface area (Å²) in [5, 5.41) is 7.87. The summed E-state index contributed by atoms with van der Waals surface area (Å²) in [6.07, 6.45) is -0.0834. The Labute approximate surface area is 170 Å². The summed E-state index contributed by atoms with van der Waals surface area (Å²) in [6, 6.07) is 0.839. The van der Waals surface area contributed by atoms with Crippen molar-refractivity contribution < 1.29 is 22.5 Å². The highest BCUT2D eigenvalue weighted by molar-refractivity contribution is 5.82. The molecular weight excluding hydrogens is 401 g/mol. The third-order valence-corrected chi connectivity index (χ3v) is 5.43. The zero-order chi connectivity index (χ0) is 21.5. The van der Waals surface area contributed by atoms with Crippen molar-refractivity contribution in [2.24, 2.45) is 0 Å². The molecular formula is C19H21F3N6O2. The van der Waals surface area contributed by atoms with Gasteiger partial charge in [-0.15, -0.1) is 0 Å². The predicted molar refractivity (Wildman–Crippen MR) is 99.4 cm³/mol. The molecule has 11 heteroatoms. The smallest absolute Gasteiger partial charge is 0.342 e. The van der Waals surface area contributed by atoms with Crippen LogP contribution in [0.1, 0.15) is 55.1 Å². The fourth-order valence-corrected chi connectivity index (χ4v) is 3.95. The molecule has 0 spiro atoms. The van der Waals surface area contributed by atoms with Crippen LogP contribution in [0.25, 0.3) is 11.1 Å². The molecule has 160 valence electrons. The highest BCUT2D eigenvalue weighted by Crippen LogP contribution is 2.40. The van der Waals surface area contributed by atoms with E-state index in [1.807, 2.05) is 6.92 Å². The highest BCUT2D eigenvalue weighted by Gasteiger charge is 2.38. The summed E-state index contributed by atoms with van der Waals surface area (Å²) in [5.41, 5.74) is -0.503. The molecule has 0 unspecified atom stereocenters. The van der Waals surface area contributed by atoms with Crippen LogP contribution in [-0.2, 0) is 11.0 Å². The first-order valence-electron chi connectivity index (χ1n) is 9.70. The van der Waals surface area contributed by atoms with Crippen molar-refractivity contribution in [1.29, 1.82) is 0 Å². The number of carbonyl (C=O) groups is 1. The molecule has 1 amide bonds. The number of pyridine rings is 1. The van der Waals surface area contributed by atoms with Crippen molar-refractivity contribution in [2.45, 2.75) is 51.2 Å². The number of likely N-dealkylation sites (tertiary alicyclic amines) is 1. The second-order valence-corrected chi connectivity index (χ2v) is 7.66. The largest absolute Gasteiger partial charge is 0.417 e. The molecule has 4 heterocycles. The lowest BCUT2D eigenvalue weighted by Crippen LogP contribution is -2.40. The van der Waals surface area contributed by atoms with Crippen molar-refractivity contribution in [3.8, 4) is 0 Å². The standard InChI is InChI=1S/C19H21F3N6O2/c1-11-6-14(19(20,21)22)16-17(26-30-18(16)25-11)13-4-3-5-27(8-13)15(29)7-12(2)28-10-23-9-24-28/h6,9-10,12-13H,3-5,7-8H2,1-2H3/t12-,13+/m0/s1. The average molecular weight is 422 g/mol. The summed E-state index contributed by atoms with van der Waals surface area (Å²) in [5.74, 6) is -0.434. The summed E-state index contributed by atoms with van der Waals surface area (Å²) >= 11 is 0. The molecule has 1 aliphatic heterocycles. The van der Waals surface area contributed by atoms with Gasteiger partial charge in [-0.3, -0.25) is 4.79 Å². The summed E-state index contributed by atoms with van der Waals surface area (Å²) < 4.78 is 47.6. The summed E-state index contributed by atoms with van der Waals surface area (Å²) in [7, 11) is 0. The van der Waals surface area contributed by atoms with Crippen LogP contribution in [0.3, 0.4) is 0 Å². The third-order valence-electron chi connectivity index (χ3n) is 5.43. The molecule has 0 aromatic carbocycles. The minimum atomic E-state index is -4.55. The van der Waals surface area contributed by atoms with Gasteiger partial charge in [-0.2, -0.15) is 18.3 Å². The number of amides is 1. The van der Waals surface area contributed by atoms with Crippen molar-refractivity contribution in [1.82, 2.24) is 29.8 Å². The molecule has 0 aliphatic carbocycles. The van der Waals surface area contributed by atoms with Gasteiger partial charge in [0.1, 0.15) is 12.7 Å². The van der Waals surface area contributed by atoms with Gasteiger partial charge in [-0.05, 0) is 32.8 Å². The van der Waals surface area contributed by atoms with Crippen LogP contribution in [0.5, 0.6) is 0 Å². The van der Waals surface area contributed by atoms with Gasteiger partial charge in [-0.1, -0.05) is 5.16 Å². The Kier molecular flexibility index (Phi) is 5.20. The second kappa shape index (κ2) is 7.69. The van der Waals surface area contributed by atoms with E-state index in [0.717, 1.165) is 6.07 Å². The Hall–Kier alpha value is -2.98. The van der Waals surface area contributed by atoms with E-state index >= 15 is 0 Å². The number of hydrogen-bond donors (Lipinski definition) is 0. The molecule has 3 aromatic rings. The number of fused-ring (bicyclic) bond motifs is 1. The highest BCUT2D eigenvalue weighted by atomic mass is 19.4. The van der Waals surface area contributed by atoms with Gasteiger partial charge < -0.3 is 9.42 Å². The monoisotopic (exact) mass is 422 g/mol. The first-order valence-corrected chi connectivity index (χ1v) is 9.70. The lowest BCUT2D eigenvalue weighted by molar-refractivity contribution is -0.136. The minimum Gasteiger partial charge on any atom is -0.342 e. The zero-order valence-corrected chi connectivity index (χ0v) is 16.6. The first-order chi connectivity index (χ1) is 14.2. The van der Waals surface area contributed by atoms with Crippen LogP contribution >= 0.6 is 0 Å². The predicted octanol–water partition coefficient (Wildman–Crippen LogP) is 3.50. The van der Waals surface area contributed by atoms with Gasteiger partial charge in [0.15, 0.2) is 0 Å². The number of rotatable bonds is 4. The SMILES string of the molecule is Cc1cc(C(F)(F)F)c2c([C@@H]3CCCN(C(=O)C[C@H](C)n4cncn4)C3)noc2n1. The molecule has 1 saturated heterocycles. The van der Waals surface area contributed by atoms with Crippen LogP contribution < -0.4 is 0 Å². The normalized spacial score (nSPS) is 18.7. The Morgan fingerprint density at radius 3 is 2.90 bits per heavy atom. The number of nitrogens with zero attached hydrogens (tertiary/aromatic N) is 6. The van der Waals surface area contributed by atoms with E-state index in [0.29, 0.717) is 19.4 Å². The van der Waals surface area contributed by atoms with E-state index in [-0.39, 0.29) is 53.3 Å². The summed E-state index contributed by atoms with van der Waals surface area (Å²) in [4.78, 5) is 22.4. The fraction of sp³-hybridized carbons (Fsp3) is 0.526. The molecule has 4 rings (SSSR count). The van der Waals surface area contributed by atoms with Crippen molar-refractivity contribution in [2.75, 3.05) is 13.1 Å².